The number of aryl methyl sites for hydroxylation is 1. The summed E-state index contributed by atoms with van der Waals surface area (Å²) in [5.41, 5.74) is 6.08. The Bertz CT molecular complexity index is 960. The number of nitrogens with zero attached hydrogens (tertiary/aromatic N) is 2. The zero-order chi connectivity index (χ0) is 17.6. The maximum absolute atomic E-state index is 10.2. The van der Waals surface area contributed by atoms with Crippen LogP contribution in [-0.4, -0.2) is 16.0 Å². The molecule has 0 amide bonds. The summed E-state index contributed by atoms with van der Waals surface area (Å²) in [5, 5.41) is 14.3. The molecular formula is C21H20N2O2. The third kappa shape index (κ3) is 2.68. The van der Waals surface area contributed by atoms with E-state index in [1.165, 1.54) is 0 Å². The Balaban J connectivity index is 1.85. The number of hydrogen-bond acceptors (Lipinski definition) is 4. The van der Waals surface area contributed by atoms with E-state index in [1.807, 2.05) is 43.3 Å². The number of rotatable bonds is 2. The smallest absolute Gasteiger partial charge is 0.166 e. The molecule has 25 heavy (non-hydrogen) atoms. The van der Waals surface area contributed by atoms with Gasteiger partial charge in [-0.2, -0.15) is 0 Å². The molecule has 0 atom stereocenters. The minimum Gasteiger partial charge on any atom is -0.386 e. The van der Waals surface area contributed by atoms with Crippen molar-refractivity contribution < 1.29 is 9.63 Å². The van der Waals surface area contributed by atoms with Gasteiger partial charge in [0, 0.05) is 11.1 Å². The second kappa shape index (κ2) is 5.67. The quantitative estimate of drug-likeness (QED) is 0.764. The predicted octanol–water partition coefficient (Wildman–Crippen LogP) is 4.23. The maximum Gasteiger partial charge on any atom is 0.166 e. The number of benzene rings is 2. The molecule has 0 unspecified atom stereocenters. The highest BCUT2D eigenvalue weighted by molar-refractivity contribution is 6.17. The predicted molar refractivity (Wildman–Crippen MR) is 97.7 cm³/mol. The Hall–Kier alpha value is -2.72. The van der Waals surface area contributed by atoms with Gasteiger partial charge >= 0.3 is 0 Å². The van der Waals surface area contributed by atoms with E-state index in [0.29, 0.717) is 6.54 Å². The van der Waals surface area contributed by atoms with Gasteiger partial charge in [0.25, 0.3) is 0 Å². The van der Waals surface area contributed by atoms with Crippen LogP contribution in [-0.2, 0) is 12.1 Å². The van der Waals surface area contributed by atoms with Crippen LogP contribution in [0.3, 0.4) is 0 Å². The van der Waals surface area contributed by atoms with Crippen molar-refractivity contribution in [3.63, 3.8) is 0 Å². The van der Waals surface area contributed by atoms with Gasteiger partial charge in [-0.05, 0) is 31.9 Å². The monoisotopic (exact) mass is 332 g/mol. The second-order valence-corrected chi connectivity index (χ2v) is 6.91. The molecule has 1 aliphatic heterocycles. The third-order valence-corrected chi connectivity index (χ3v) is 4.63. The van der Waals surface area contributed by atoms with Crippen molar-refractivity contribution in [3.05, 3.63) is 76.7 Å². The highest BCUT2D eigenvalue weighted by Gasteiger charge is 2.24. The fourth-order valence-electron chi connectivity index (χ4n) is 3.30. The Morgan fingerprint density at radius 3 is 2.36 bits per heavy atom. The standard InChI is InChI=1S/C21H20N2O2/c1-13-19-16-6-4-5-7-17(16)20(22-12-18(19)25-23-13)14-8-10-15(11-9-14)21(2,3)24/h4-11,24H,12H2,1-3H3. The van der Waals surface area contributed by atoms with E-state index in [-0.39, 0.29) is 0 Å². The SMILES string of the molecule is Cc1noc2c1-c1ccccc1C(c1ccc(C(C)(C)O)cc1)=NC2. The molecule has 1 N–H and O–H groups in total. The lowest BCUT2D eigenvalue weighted by atomic mass is 9.91. The average molecular weight is 332 g/mol. The fraction of sp³-hybridized carbons (Fsp3) is 0.238. The fourth-order valence-corrected chi connectivity index (χ4v) is 3.30. The summed E-state index contributed by atoms with van der Waals surface area (Å²) in [5.74, 6) is 0.799. The number of fused-ring (bicyclic) bond motifs is 3. The van der Waals surface area contributed by atoms with Gasteiger partial charge in [0.1, 0.15) is 6.54 Å². The first-order valence-corrected chi connectivity index (χ1v) is 8.38. The molecule has 0 spiro atoms. The summed E-state index contributed by atoms with van der Waals surface area (Å²) in [7, 11) is 0. The van der Waals surface area contributed by atoms with E-state index in [4.69, 9.17) is 9.52 Å². The van der Waals surface area contributed by atoms with Crippen LogP contribution in [0.4, 0.5) is 0 Å². The average Bonchev–Trinajstić information content (AvgIpc) is 2.87. The normalized spacial score (nSPS) is 13.7. The van der Waals surface area contributed by atoms with Gasteiger partial charge < -0.3 is 9.63 Å². The number of hydrogen-bond donors (Lipinski definition) is 1. The Morgan fingerprint density at radius 2 is 1.68 bits per heavy atom. The van der Waals surface area contributed by atoms with Crippen LogP contribution in [0.25, 0.3) is 11.1 Å². The molecule has 2 heterocycles. The van der Waals surface area contributed by atoms with Crippen LogP contribution in [0.2, 0.25) is 0 Å². The number of aliphatic hydroxyl groups is 1. The van der Waals surface area contributed by atoms with Gasteiger partial charge in [-0.15, -0.1) is 0 Å². The van der Waals surface area contributed by atoms with Gasteiger partial charge in [-0.25, -0.2) is 0 Å². The lowest BCUT2D eigenvalue weighted by Gasteiger charge is -2.18. The van der Waals surface area contributed by atoms with Crippen molar-refractivity contribution in [1.29, 1.82) is 0 Å². The van der Waals surface area contributed by atoms with Gasteiger partial charge in [-0.1, -0.05) is 53.7 Å². The van der Waals surface area contributed by atoms with Gasteiger partial charge in [-0.3, -0.25) is 4.99 Å². The summed E-state index contributed by atoms with van der Waals surface area (Å²) in [4.78, 5) is 4.80. The molecule has 4 rings (SSSR count). The molecule has 3 aromatic rings. The molecule has 126 valence electrons. The molecule has 0 aliphatic carbocycles. The molecule has 1 aromatic heterocycles. The zero-order valence-corrected chi connectivity index (χ0v) is 14.6. The molecule has 0 radical (unpaired) electrons. The molecule has 4 nitrogen and oxygen atoms in total. The molecule has 0 saturated heterocycles. The number of aliphatic imine (C=N–C) groups is 1. The highest BCUT2D eigenvalue weighted by Crippen LogP contribution is 2.35. The van der Waals surface area contributed by atoms with Gasteiger partial charge in [0.2, 0.25) is 0 Å². The van der Waals surface area contributed by atoms with Gasteiger partial charge in [0.15, 0.2) is 5.76 Å². The summed E-state index contributed by atoms with van der Waals surface area (Å²) in [6, 6.07) is 16.2. The maximum atomic E-state index is 10.2. The minimum atomic E-state index is -0.855. The van der Waals surface area contributed by atoms with Crippen molar-refractivity contribution in [2.24, 2.45) is 4.99 Å². The second-order valence-electron chi connectivity index (χ2n) is 6.91. The Morgan fingerprint density at radius 1 is 1.00 bits per heavy atom. The van der Waals surface area contributed by atoms with E-state index in [1.54, 1.807) is 13.8 Å². The van der Waals surface area contributed by atoms with Crippen LogP contribution in [0, 0.1) is 6.92 Å². The van der Waals surface area contributed by atoms with Crippen LogP contribution >= 0.6 is 0 Å². The first-order chi connectivity index (χ1) is 11.9. The van der Waals surface area contributed by atoms with E-state index in [2.05, 4.69) is 17.3 Å². The van der Waals surface area contributed by atoms with E-state index >= 15 is 0 Å². The van der Waals surface area contributed by atoms with E-state index in [0.717, 1.165) is 45.0 Å². The molecule has 1 aliphatic rings. The largest absolute Gasteiger partial charge is 0.386 e. The van der Waals surface area contributed by atoms with Crippen molar-refractivity contribution in [2.45, 2.75) is 32.9 Å². The van der Waals surface area contributed by atoms with Crippen LogP contribution in [0.15, 0.2) is 58.0 Å². The molecule has 0 bridgehead atoms. The Kier molecular flexibility index (Phi) is 3.58. The Labute approximate surface area is 146 Å². The summed E-state index contributed by atoms with van der Waals surface area (Å²) < 4.78 is 5.48. The van der Waals surface area contributed by atoms with E-state index in [9.17, 15) is 5.11 Å². The summed E-state index contributed by atoms with van der Waals surface area (Å²) in [6.45, 7) is 6.00. The van der Waals surface area contributed by atoms with Crippen molar-refractivity contribution in [3.8, 4) is 11.1 Å². The van der Waals surface area contributed by atoms with Crippen molar-refractivity contribution >= 4 is 5.71 Å². The number of aromatic nitrogens is 1. The zero-order valence-electron chi connectivity index (χ0n) is 14.6. The molecule has 0 saturated carbocycles. The van der Waals surface area contributed by atoms with Crippen LogP contribution < -0.4 is 0 Å². The van der Waals surface area contributed by atoms with Crippen LogP contribution in [0.1, 0.15) is 42.0 Å². The first-order valence-electron chi connectivity index (χ1n) is 8.38. The van der Waals surface area contributed by atoms with Crippen molar-refractivity contribution in [1.82, 2.24) is 5.16 Å². The first kappa shape index (κ1) is 15.8. The topological polar surface area (TPSA) is 58.6 Å². The van der Waals surface area contributed by atoms with E-state index < -0.39 is 5.60 Å². The molecule has 4 heteroatoms. The highest BCUT2D eigenvalue weighted by atomic mass is 16.5. The molecular weight excluding hydrogens is 312 g/mol. The molecule has 2 aromatic carbocycles. The molecule has 0 fully saturated rings. The third-order valence-electron chi connectivity index (χ3n) is 4.63. The van der Waals surface area contributed by atoms with Crippen LogP contribution in [0.5, 0.6) is 0 Å². The lowest BCUT2D eigenvalue weighted by Crippen LogP contribution is -2.15. The van der Waals surface area contributed by atoms with Gasteiger partial charge in [0.05, 0.1) is 22.6 Å². The minimum absolute atomic E-state index is 0.466. The van der Waals surface area contributed by atoms with Crippen molar-refractivity contribution in [2.75, 3.05) is 0 Å². The lowest BCUT2D eigenvalue weighted by molar-refractivity contribution is 0.0786. The summed E-state index contributed by atoms with van der Waals surface area (Å²) in [6.07, 6.45) is 0. The summed E-state index contributed by atoms with van der Waals surface area (Å²) >= 11 is 0.